The number of hydrogen-bond donors (Lipinski definition) is 2. The van der Waals surface area contributed by atoms with Gasteiger partial charge in [-0.3, -0.25) is 14.4 Å². The maximum absolute atomic E-state index is 13.1. The number of imidazole rings is 1. The maximum atomic E-state index is 13.1. The quantitative estimate of drug-likeness (QED) is 0.791. The first-order valence-corrected chi connectivity index (χ1v) is 7.86. The summed E-state index contributed by atoms with van der Waals surface area (Å²) >= 11 is 0. The minimum Gasteiger partial charge on any atom is -0.469 e. The summed E-state index contributed by atoms with van der Waals surface area (Å²) in [6.07, 6.45) is 3.09. The van der Waals surface area contributed by atoms with Crippen molar-refractivity contribution in [2.24, 2.45) is 0 Å². The van der Waals surface area contributed by atoms with Crippen molar-refractivity contribution < 1.29 is 19.1 Å². The fourth-order valence-corrected chi connectivity index (χ4v) is 2.85. The molecule has 130 valence electrons. The van der Waals surface area contributed by atoms with Crippen molar-refractivity contribution in [1.29, 1.82) is 0 Å². The molecule has 1 aliphatic rings. The molecule has 25 heavy (non-hydrogen) atoms. The summed E-state index contributed by atoms with van der Waals surface area (Å²) in [6, 6.07) is 6.13. The second-order valence-electron chi connectivity index (χ2n) is 5.57. The van der Waals surface area contributed by atoms with E-state index in [9.17, 15) is 14.4 Å². The lowest BCUT2D eigenvalue weighted by Gasteiger charge is -2.34. The number of carbonyl (C=O) groups is 3. The fourth-order valence-electron chi connectivity index (χ4n) is 2.85. The lowest BCUT2D eigenvalue weighted by Crippen LogP contribution is -2.57. The van der Waals surface area contributed by atoms with Gasteiger partial charge in [-0.05, 0) is 6.07 Å². The molecule has 1 aliphatic heterocycles. The van der Waals surface area contributed by atoms with Crippen LogP contribution in [-0.4, -0.2) is 58.9 Å². The third-order valence-corrected chi connectivity index (χ3v) is 4.09. The van der Waals surface area contributed by atoms with Crippen LogP contribution in [0, 0.1) is 0 Å². The van der Waals surface area contributed by atoms with Crippen molar-refractivity contribution in [3.05, 3.63) is 42.2 Å². The van der Waals surface area contributed by atoms with Crippen LogP contribution in [-0.2, 0) is 14.3 Å². The second-order valence-corrected chi connectivity index (χ2v) is 5.57. The number of nitrogens with zero attached hydrogens (tertiary/aromatic N) is 2. The molecule has 1 saturated heterocycles. The van der Waals surface area contributed by atoms with Crippen LogP contribution in [0.1, 0.15) is 16.8 Å². The topological polar surface area (TPSA) is 104 Å². The Hall–Kier alpha value is -3.16. The molecule has 0 aliphatic carbocycles. The third-order valence-electron chi connectivity index (χ3n) is 4.09. The van der Waals surface area contributed by atoms with Gasteiger partial charge in [-0.2, -0.15) is 0 Å². The number of ether oxygens (including phenoxy) is 1. The molecule has 2 heterocycles. The zero-order valence-electron chi connectivity index (χ0n) is 13.7. The molecular formula is C17H18N4O4. The molecule has 0 unspecified atom stereocenters. The van der Waals surface area contributed by atoms with E-state index in [2.05, 4.69) is 20.0 Å². The van der Waals surface area contributed by atoms with Gasteiger partial charge in [0.05, 0.1) is 19.1 Å². The number of piperazine rings is 1. The predicted octanol–water partition coefficient (Wildman–Crippen LogP) is 0.580. The molecule has 1 aromatic carbocycles. The smallest absolute Gasteiger partial charge is 0.308 e. The summed E-state index contributed by atoms with van der Waals surface area (Å²) < 4.78 is 4.65. The molecule has 0 spiro atoms. The Morgan fingerprint density at radius 1 is 1.36 bits per heavy atom. The van der Waals surface area contributed by atoms with E-state index in [1.807, 2.05) is 6.07 Å². The van der Waals surface area contributed by atoms with Crippen molar-refractivity contribution in [3.63, 3.8) is 0 Å². The normalized spacial score (nSPS) is 17.1. The first-order valence-electron chi connectivity index (χ1n) is 7.86. The summed E-state index contributed by atoms with van der Waals surface area (Å²) in [4.78, 5) is 45.5. The lowest BCUT2D eigenvalue weighted by molar-refractivity contribution is -0.145. The molecule has 0 saturated carbocycles. The minimum atomic E-state index is -0.890. The largest absolute Gasteiger partial charge is 0.469 e. The highest BCUT2D eigenvalue weighted by Crippen LogP contribution is 2.23. The molecule has 2 amide bonds. The maximum Gasteiger partial charge on any atom is 0.308 e. The van der Waals surface area contributed by atoms with Crippen LogP contribution < -0.4 is 5.32 Å². The Morgan fingerprint density at radius 2 is 2.16 bits per heavy atom. The zero-order chi connectivity index (χ0) is 17.8. The van der Waals surface area contributed by atoms with E-state index in [-0.39, 0.29) is 18.2 Å². The summed E-state index contributed by atoms with van der Waals surface area (Å²) in [6.45, 7) is 0.657. The van der Waals surface area contributed by atoms with E-state index in [1.165, 1.54) is 12.0 Å². The molecule has 1 atom stereocenters. The number of H-pyrrole nitrogens is 1. The third kappa shape index (κ3) is 3.37. The van der Waals surface area contributed by atoms with Gasteiger partial charge in [0.1, 0.15) is 11.9 Å². The summed E-state index contributed by atoms with van der Waals surface area (Å²) in [7, 11) is 1.25. The van der Waals surface area contributed by atoms with Crippen LogP contribution in [0.2, 0.25) is 0 Å². The number of hydrogen-bond acceptors (Lipinski definition) is 5. The van der Waals surface area contributed by atoms with Gasteiger partial charge in [-0.1, -0.05) is 18.2 Å². The highest BCUT2D eigenvalue weighted by molar-refractivity contribution is 6.03. The van der Waals surface area contributed by atoms with Gasteiger partial charge < -0.3 is 19.9 Å². The van der Waals surface area contributed by atoms with Gasteiger partial charge in [0.15, 0.2) is 0 Å². The average Bonchev–Trinajstić information content (AvgIpc) is 3.17. The molecule has 8 heteroatoms. The van der Waals surface area contributed by atoms with Crippen LogP contribution >= 0.6 is 0 Å². The van der Waals surface area contributed by atoms with Gasteiger partial charge in [0, 0.05) is 31.0 Å². The minimum absolute atomic E-state index is 0.184. The molecule has 8 nitrogen and oxygen atoms in total. The van der Waals surface area contributed by atoms with Gasteiger partial charge in [-0.25, -0.2) is 4.98 Å². The summed E-state index contributed by atoms with van der Waals surface area (Å²) in [5.74, 6) is -0.662. The van der Waals surface area contributed by atoms with E-state index in [1.54, 1.807) is 30.6 Å². The van der Waals surface area contributed by atoms with Crippen molar-refractivity contribution >= 4 is 17.8 Å². The van der Waals surface area contributed by atoms with E-state index in [0.717, 1.165) is 0 Å². The van der Waals surface area contributed by atoms with Crippen LogP contribution in [0.5, 0.6) is 0 Å². The number of benzene rings is 1. The summed E-state index contributed by atoms with van der Waals surface area (Å²) in [5.41, 5.74) is 1.06. The second kappa shape index (κ2) is 7.16. The molecule has 2 N–H and O–H groups in total. The number of aromatic nitrogens is 2. The zero-order valence-corrected chi connectivity index (χ0v) is 13.7. The van der Waals surface area contributed by atoms with Gasteiger partial charge in [-0.15, -0.1) is 0 Å². The van der Waals surface area contributed by atoms with E-state index in [4.69, 9.17) is 0 Å². The van der Waals surface area contributed by atoms with Gasteiger partial charge >= 0.3 is 5.97 Å². The number of esters is 1. The molecular weight excluding hydrogens is 324 g/mol. The van der Waals surface area contributed by atoms with Crippen LogP contribution in [0.15, 0.2) is 36.7 Å². The Kier molecular flexibility index (Phi) is 4.78. The molecule has 0 radical (unpaired) electrons. The van der Waals surface area contributed by atoms with Crippen molar-refractivity contribution in [2.75, 3.05) is 20.2 Å². The van der Waals surface area contributed by atoms with E-state index >= 15 is 0 Å². The number of methoxy groups -OCH3 is 1. The van der Waals surface area contributed by atoms with Crippen molar-refractivity contribution in [1.82, 2.24) is 20.2 Å². The van der Waals surface area contributed by atoms with Crippen LogP contribution in [0.25, 0.3) is 11.4 Å². The highest BCUT2D eigenvalue weighted by Gasteiger charge is 2.36. The van der Waals surface area contributed by atoms with Gasteiger partial charge in [0.2, 0.25) is 5.91 Å². The highest BCUT2D eigenvalue weighted by atomic mass is 16.5. The number of rotatable bonds is 4. The van der Waals surface area contributed by atoms with Crippen molar-refractivity contribution in [3.8, 4) is 11.4 Å². The fraction of sp³-hybridized carbons (Fsp3) is 0.294. The van der Waals surface area contributed by atoms with Crippen molar-refractivity contribution in [2.45, 2.75) is 12.5 Å². The standard InChI is InChI=1S/C17H18N4O4/c1-25-14(22)10-13-16(23)20-8-9-21(13)17(24)12-5-3-2-4-11(12)15-18-6-7-19-15/h2-7,13H,8-10H2,1H3,(H,18,19)(H,20,23)/t13-/m0/s1. The first kappa shape index (κ1) is 16.7. The van der Waals surface area contributed by atoms with Crippen LogP contribution in [0.4, 0.5) is 0 Å². The number of carbonyl (C=O) groups excluding carboxylic acids is 3. The Balaban J connectivity index is 1.94. The molecule has 2 aromatic rings. The summed E-state index contributed by atoms with van der Waals surface area (Å²) in [5, 5.41) is 2.68. The lowest BCUT2D eigenvalue weighted by atomic mass is 10.0. The number of amides is 2. The SMILES string of the molecule is COC(=O)C[C@H]1C(=O)NCCN1C(=O)c1ccccc1-c1ncc[nH]1. The Morgan fingerprint density at radius 3 is 2.88 bits per heavy atom. The van der Waals surface area contributed by atoms with Gasteiger partial charge in [0.25, 0.3) is 5.91 Å². The first-order chi connectivity index (χ1) is 12.1. The Bertz CT molecular complexity index is 788. The number of nitrogens with one attached hydrogen (secondary N) is 2. The van der Waals surface area contributed by atoms with E-state index < -0.39 is 12.0 Å². The molecule has 3 rings (SSSR count). The molecule has 1 aromatic heterocycles. The monoisotopic (exact) mass is 342 g/mol. The number of aromatic amines is 1. The Labute approximate surface area is 144 Å². The predicted molar refractivity (Wildman–Crippen MR) is 88.5 cm³/mol. The van der Waals surface area contributed by atoms with Crippen LogP contribution in [0.3, 0.4) is 0 Å². The molecule has 0 bridgehead atoms. The molecule has 1 fully saturated rings. The average molecular weight is 342 g/mol. The van der Waals surface area contributed by atoms with E-state index in [0.29, 0.717) is 30.0 Å².